The number of aromatic nitrogens is 2. The highest BCUT2D eigenvalue weighted by Gasteiger charge is 2.31. The van der Waals surface area contributed by atoms with Crippen LogP contribution in [0.2, 0.25) is 5.02 Å². The van der Waals surface area contributed by atoms with Gasteiger partial charge in [-0.1, -0.05) is 29.8 Å². The van der Waals surface area contributed by atoms with Crippen LogP contribution in [-0.2, 0) is 4.79 Å². The third-order valence-corrected chi connectivity index (χ3v) is 3.82. The summed E-state index contributed by atoms with van der Waals surface area (Å²) in [7, 11) is 0. The Labute approximate surface area is 173 Å². The molecule has 1 heterocycles. The number of benzene rings is 2. The molecule has 7 nitrogen and oxygen atoms in total. The van der Waals surface area contributed by atoms with E-state index in [1.807, 2.05) is 0 Å². The van der Waals surface area contributed by atoms with Gasteiger partial charge >= 0.3 is 12.3 Å². The lowest BCUT2D eigenvalue weighted by Gasteiger charge is -2.12. The lowest BCUT2D eigenvalue weighted by molar-refractivity contribution is -0.274. The van der Waals surface area contributed by atoms with Crippen LogP contribution in [-0.4, -0.2) is 34.0 Å². The molecule has 1 aromatic heterocycles. The molecule has 0 aliphatic carbocycles. The molecule has 0 atom stereocenters. The zero-order valence-electron chi connectivity index (χ0n) is 15.1. The maximum absolute atomic E-state index is 12.5. The molecule has 3 rings (SSSR count). The van der Waals surface area contributed by atoms with Crippen LogP contribution in [0.4, 0.5) is 30.6 Å². The summed E-state index contributed by atoms with van der Waals surface area (Å²) in [4.78, 5) is 19.2. The summed E-state index contributed by atoms with van der Waals surface area (Å²) in [6.07, 6.45) is -4.84. The molecule has 0 radical (unpaired) electrons. The standard InChI is InChI=1S/C19H14ClF3N4O3/c20-12-4-2-5-13(8-12)25-16-9-15(26-18(27-16)24-10-17(28)29)11-3-1-6-14(7-11)30-19(21,22)23/h1-9H,10H2,(H,28,29)(H2,24,25,26,27). The number of halogens is 4. The third-order valence-electron chi connectivity index (χ3n) is 3.58. The van der Waals surface area contributed by atoms with Crippen LogP contribution in [0.15, 0.2) is 54.6 Å². The molecule has 0 saturated carbocycles. The number of nitrogens with one attached hydrogen (secondary N) is 2. The van der Waals surface area contributed by atoms with Crippen molar-refractivity contribution in [1.29, 1.82) is 0 Å². The zero-order chi connectivity index (χ0) is 21.7. The van der Waals surface area contributed by atoms with Gasteiger partial charge < -0.3 is 20.5 Å². The smallest absolute Gasteiger partial charge is 0.480 e. The molecular weight excluding hydrogens is 425 g/mol. The molecule has 0 bridgehead atoms. The topological polar surface area (TPSA) is 96.4 Å². The number of rotatable bonds is 7. The first-order valence-corrected chi connectivity index (χ1v) is 8.79. The Bertz CT molecular complexity index is 1060. The Morgan fingerprint density at radius 2 is 1.87 bits per heavy atom. The SMILES string of the molecule is O=C(O)CNc1nc(Nc2cccc(Cl)c2)cc(-c2cccc(OC(F)(F)F)c2)n1. The summed E-state index contributed by atoms with van der Waals surface area (Å²) in [5, 5.41) is 14.9. The number of nitrogens with zero attached hydrogens (tertiary/aromatic N) is 2. The Morgan fingerprint density at radius 3 is 2.57 bits per heavy atom. The van der Waals surface area contributed by atoms with E-state index in [4.69, 9.17) is 16.7 Å². The highest BCUT2D eigenvalue weighted by molar-refractivity contribution is 6.30. The minimum Gasteiger partial charge on any atom is -0.480 e. The number of aliphatic carboxylic acids is 1. The van der Waals surface area contributed by atoms with Crippen molar-refractivity contribution in [3.05, 3.63) is 59.6 Å². The second kappa shape index (κ2) is 8.87. The van der Waals surface area contributed by atoms with Gasteiger partial charge in [0.15, 0.2) is 0 Å². The fourth-order valence-corrected chi connectivity index (χ4v) is 2.65. The molecule has 0 spiro atoms. The molecule has 0 unspecified atom stereocenters. The van der Waals surface area contributed by atoms with Crippen LogP contribution in [0, 0.1) is 0 Å². The van der Waals surface area contributed by atoms with Gasteiger partial charge in [-0.05, 0) is 30.3 Å². The van der Waals surface area contributed by atoms with Crippen molar-refractivity contribution in [3.8, 4) is 17.0 Å². The van der Waals surface area contributed by atoms with Crippen LogP contribution in [0.5, 0.6) is 5.75 Å². The van der Waals surface area contributed by atoms with Gasteiger partial charge in [0.05, 0.1) is 5.69 Å². The molecule has 3 aromatic rings. The third kappa shape index (κ3) is 6.24. The summed E-state index contributed by atoms with van der Waals surface area (Å²) in [6.45, 7) is -0.447. The molecule has 11 heteroatoms. The zero-order valence-corrected chi connectivity index (χ0v) is 15.8. The number of anilines is 3. The van der Waals surface area contributed by atoms with E-state index in [1.54, 1.807) is 24.3 Å². The van der Waals surface area contributed by atoms with Crippen molar-refractivity contribution < 1.29 is 27.8 Å². The number of carboxylic acids is 1. The Balaban J connectivity index is 1.97. The normalized spacial score (nSPS) is 11.1. The quantitative estimate of drug-likeness (QED) is 0.481. The minimum absolute atomic E-state index is 0.0263. The molecule has 3 N–H and O–H groups in total. The second-order valence-corrected chi connectivity index (χ2v) is 6.36. The number of carboxylic acid groups (broad SMARTS) is 1. The first kappa shape index (κ1) is 21.2. The van der Waals surface area contributed by atoms with Crippen LogP contribution < -0.4 is 15.4 Å². The molecule has 2 aromatic carbocycles. The van der Waals surface area contributed by atoms with Gasteiger partial charge in [-0.3, -0.25) is 4.79 Å². The first-order chi connectivity index (χ1) is 14.2. The van der Waals surface area contributed by atoms with E-state index in [0.717, 1.165) is 6.07 Å². The fraction of sp³-hybridized carbons (Fsp3) is 0.105. The summed E-state index contributed by atoms with van der Waals surface area (Å²) in [5.74, 6) is -1.30. The van der Waals surface area contributed by atoms with E-state index in [-0.39, 0.29) is 17.5 Å². The molecule has 0 fully saturated rings. The van der Waals surface area contributed by atoms with E-state index >= 15 is 0 Å². The van der Waals surface area contributed by atoms with Gasteiger partial charge in [-0.25, -0.2) is 4.98 Å². The van der Waals surface area contributed by atoms with Crippen molar-refractivity contribution in [3.63, 3.8) is 0 Å². The molecule has 0 saturated heterocycles. The van der Waals surface area contributed by atoms with Gasteiger partial charge in [0.25, 0.3) is 0 Å². The number of hydrogen-bond donors (Lipinski definition) is 3. The van der Waals surface area contributed by atoms with Crippen LogP contribution in [0.25, 0.3) is 11.3 Å². The Morgan fingerprint density at radius 1 is 1.10 bits per heavy atom. The summed E-state index contributed by atoms with van der Waals surface area (Å²) in [5.41, 5.74) is 1.16. The number of carbonyl (C=O) groups is 1. The van der Waals surface area contributed by atoms with Crippen molar-refractivity contribution in [2.24, 2.45) is 0 Å². The maximum atomic E-state index is 12.5. The van der Waals surface area contributed by atoms with Gasteiger partial charge in [0.2, 0.25) is 5.95 Å². The highest BCUT2D eigenvalue weighted by atomic mass is 35.5. The average Bonchev–Trinajstić information content (AvgIpc) is 2.65. The van der Waals surface area contributed by atoms with Gasteiger partial charge in [-0.2, -0.15) is 4.98 Å². The lowest BCUT2D eigenvalue weighted by Crippen LogP contribution is -2.17. The monoisotopic (exact) mass is 438 g/mol. The van der Waals surface area contributed by atoms with E-state index < -0.39 is 24.6 Å². The first-order valence-electron chi connectivity index (χ1n) is 8.41. The van der Waals surface area contributed by atoms with Gasteiger partial charge in [0.1, 0.15) is 18.1 Å². The van der Waals surface area contributed by atoms with Crippen molar-refractivity contribution in [1.82, 2.24) is 9.97 Å². The predicted octanol–water partition coefficient (Wildman–Crippen LogP) is 4.94. The van der Waals surface area contributed by atoms with Crippen LogP contribution in [0.1, 0.15) is 0 Å². The van der Waals surface area contributed by atoms with Crippen LogP contribution >= 0.6 is 11.6 Å². The van der Waals surface area contributed by atoms with Crippen molar-refractivity contribution in [2.45, 2.75) is 6.36 Å². The van der Waals surface area contributed by atoms with E-state index in [1.165, 1.54) is 24.3 Å². The second-order valence-electron chi connectivity index (χ2n) is 5.92. The molecule has 0 aliphatic heterocycles. The molecule has 156 valence electrons. The number of ether oxygens (including phenoxy) is 1. The van der Waals surface area contributed by atoms with E-state index in [0.29, 0.717) is 16.3 Å². The summed E-state index contributed by atoms with van der Waals surface area (Å²) in [6, 6.07) is 13.5. The molecular formula is C19H14ClF3N4O3. The van der Waals surface area contributed by atoms with Crippen molar-refractivity contribution in [2.75, 3.05) is 17.2 Å². The van der Waals surface area contributed by atoms with Gasteiger partial charge in [0, 0.05) is 22.3 Å². The summed E-state index contributed by atoms with van der Waals surface area (Å²) < 4.78 is 41.5. The Hall–Kier alpha value is -3.53. The van der Waals surface area contributed by atoms with E-state index in [2.05, 4.69) is 25.3 Å². The van der Waals surface area contributed by atoms with E-state index in [9.17, 15) is 18.0 Å². The maximum Gasteiger partial charge on any atom is 0.573 e. The molecule has 0 amide bonds. The number of alkyl halides is 3. The highest BCUT2D eigenvalue weighted by Crippen LogP contribution is 2.29. The predicted molar refractivity (Wildman–Crippen MR) is 105 cm³/mol. The van der Waals surface area contributed by atoms with Crippen LogP contribution in [0.3, 0.4) is 0 Å². The molecule has 30 heavy (non-hydrogen) atoms. The number of hydrogen-bond acceptors (Lipinski definition) is 6. The fourth-order valence-electron chi connectivity index (χ4n) is 2.46. The average molecular weight is 439 g/mol. The summed E-state index contributed by atoms with van der Waals surface area (Å²) >= 11 is 5.97. The Kier molecular flexibility index (Phi) is 6.26. The molecule has 0 aliphatic rings. The lowest BCUT2D eigenvalue weighted by atomic mass is 10.1. The minimum atomic E-state index is -4.84. The van der Waals surface area contributed by atoms with Gasteiger partial charge in [-0.15, -0.1) is 13.2 Å². The largest absolute Gasteiger partial charge is 0.573 e. The van der Waals surface area contributed by atoms with Crippen molar-refractivity contribution >= 4 is 35.0 Å².